The molecule has 17 heavy (non-hydrogen) atoms. The van der Waals surface area contributed by atoms with E-state index in [0.29, 0.717) is 12.1 Å². The minimum absolute atomic E-state index is 0.519. The Morgan fingerprint density at radius 1 is 1.41 bits per heavy atom. The molecule has 1 aliphatic rings. The average molecular weight is 235 g/mol. The van der Waals surface area contributed by atoms with Gasteiger partial charge < -0.3 is 9.88 Å². The molecule has 0 aliphatic heterocycles. The van der Waals surface area contributed by atoms with Gasteiger partial charge in [-0.2, -0.15) is 0 Å². The van der Waals surface area contributed by atoms with E-state index in [1.807, 2.05) is 18.7 Å². The van der Waals surface area contributed by atoms with Crippen LogP contribution in [0.5, 0.6) is 0 Å². The first-order valence-electron chi connectivity index (χ1n) is 6.87. The summed E-state index contributed by atoms with van der Waals surface area (Å²) in [5, 5.41) is 3.78. The lowest BCUT2D eigenvalue weighted by atomic mass is 9.79. The van der Waals surface area contributed by atoms with Crippen LogP contribution in [0, 0.1) is 11.8 Å². The van der Waals surface area contributed by atoms with Gasteiger partial charge in [0, 0.05) is 31.0 Å². The molecule has 0 radical (unpaired) electrons. The van der Waals surface area contributed by atoms with Crippen LogP contribution in [-0.4, -0.2) is 21.6 Å². The standard InChI is InChI=1S/C14H25N3/c1-11-4-5-14(12(2)8-11)16-13(3)9-17-7-6-15-10-17/h6-7,10-14,16H,4-5,8-9H2,1-3H3. The van der Waals surface area contributed by atoms with Crippen LogP contribution >= 0.6 is 0 Å². The lowest BCUT2D eigenvalue weighted by Gasteiger charge is -2.35. The first-order valence-corrected chi connectivity index (χ1v) is 6.87. The van der Waals surface area contributed by atoms with Crippen molar-refractivity contribution in [1.29, 1.82) is 0 Å². The van der Waals surface area contributed by atoms with Crippen molar-refractivity contribution in [1.82, 2.24) is 14.9 Å². The molecular formula is C14H25N3. The van der Waals surface area contributed by atoms with Crippen molar-refractivity contribution in [2.24, 2.45) is 11.8 Å². The van der Waals surface area contributed by atoms with Crippen molar-refractivity contribution in [2.75, 3.05) is 0 Å². The van der Waals surface area contributed by atoms with E-state index >= 15 is 0 Å². The fraction of sp³-hybridized carbons (Fsp3) is 0.786. The van der Waals surface area contributed by atoms with Gasteiger partial charge in [0.1, 0.15) is 0 Å². The quantitative estimate of drug-likeness (QED) is 0.869. The lowest BCUT2D eigenvalue weighted by molar-refractivity contribution is 0.211. The van der Waals surface area contributed by atoms with Crippen molar-refractivity contribution in [3.05, 3.63) is 18.7 Å². The molecular weight excluding hydrogens is 210 g/mol. The fourth-order valence-electron chi connectivity index (χ4n) is 3.04. The molecule has 96 valence electrons. The number of hydrogen-bond acceptors (Lipinski definition) is 2. The number of nitrogens with one attached hydrogen (secondary N) is 1. The Bertz CT molecular complexity index is 320. The van der Waals surface area contributed by atoms with Gasteiger partial charge in [-0.15, -0.1) is 0 Å². The van der Waals surface area contributed by atoms with Crippen LogP contribution in [0.25, 0.3) is 0 Å². The van der Waals surface area contributed by atoms with Crippen LogP contribution in [0.1, 0.15) is 40.0 Å². The highest BCUT2D eigenvalue weighted by Gasteiger charge is 2.25. The van der Waals surface area contributed by atoms with Gasteiger partial charge in [0.2, 0.25) is 0 Å². The molecule has 3 nitrogen and oxygen atoms in total. The van der Waals surface area contributed by atoms with Crippen molar-refractivity contribution in [3.8, 4) is 0 Å². The van der Waals surface area contributed by atoms with E-state index in [-0.39, 0.29) is 0 Å². The zero-order valence-corrected chi connectivity index (χ0v) is 11.3. The van der Waals surface area contributed by atoms with Crippen molar-refractivity contribution in [2.45, 2.75) is 58.7 Å². The molecule has 0 spiro atoms. The molecule has 1 N–H and O–H groups in total. The van der Waals surface area contributed by atoms with Gasteiger partial charge in [0.05, 0.1) is 6.33 Å². The number of rotatable bonds is 4. The Kier molecular flexibility index (Phi) is 4.21. The maximum atomic E-state index is 4.08. The summed E-state index contributed by atoms with van der Waals surface area (Å²) in [7, 11) is 0. The van der Waals surface area contributed by atoms with Crippen LogP contribution in [0.3, 0.4) is 0 Å². The maximum absolute atomic E-state index is 4.08. The minimum atomic E-state index is 0.519. The zero-order valence-electron chi connectivity index (χ0n) is 11.3. The summed E-state index contributed by atoms with van der Waals surface area (Å²) in [6.07, 6.45) is 9.85. The molecule has 1 fully saturated rings. The van der Waals surface area contributed by atoms with E-state index in [9.17, 15) is 0 Å². The molecule has 3 heteroatoms. The second-order valence-electron chi connectivity index (χ2n) is 5.83. The molecule has 1 aliphatic carbocycles. The van der Waals surface area contributed by atoms with E-state index in [4.69, 9.17) is 0 Å². The summed E-state index contributed by atoms with van der Waals surface area (Å²) in [6, 6.07) is 1.22. The van der Waals surface area contributed by atoms with Gasteiger partial charge in [-0.05, 0) is 38.0 Å². The van der Waals surface area contributed by atoms with Crippen LogP contribution in [0.15, 0.2) is 18.7 Å². The lowest BCUT2D eigenvalue weighted by Crippen LogP contribution is -2.44. The molecule has 1 heterocycles. The van der Waals surface area contributed by atoms with Gasteiger partial charge in [-0.1, -0.05) is 13.8 Å². The zero-order chi connectivity index (χ0) is 12.3. The van der Waals surface area contributed by atoms with Gasteiger partial charge in [0.15, 0.2) is 0 Å². The van der Waals surface area contributed by atoms with Gasteiger partial charge in [-0.25, -0.2) is 4.98 Å². The smallest absolute Gasteiger partial charge is 0.0946 e. The van der Waals surface area contributed by atoms with Crippen molar-refractivity contribution in [3.63, 3.8) is 0 Å². The van der Waals surface area contributed by atoms with Gasteiger partial charge >= 0.3 is 0 Å². The summed E-state index contributed by atoms with van der Waals surface area (Å²) in [5.74, 6) is 1.72. The monoisotopic (exact) mass is 235 g/mol. The topological polar surface area (TPSA) is 29.9 Å². The number of imidazole rings is 1. The molecule has 4 atom stereocenters. The number of hydrogen-bond donors (Lipinski definition) is 1. The number of nitrogens with zero attached hydrogens (tertiary/aromatic N) is 2. The third-order valence-electron chi connectivity index (χ3n) is 3.97. The van der Waals surface area contributed by atoms with E-state index in [1.165, 1.54) is 19.3 Å². The van der Waals surface area contributed by atoms with E-state index < -0.39 is 0 Å². The molecule has 1 aromatic heterocycles. The largest absolute Gasteiger partial charge is 0.336 e. The highest BCUT2D eigenvalue weighted by molar-refractivity contribution is 4.84. The predicted octanol–water partition coefficient (Wildman–Crippen LogP) is 2.69. The summed E-state index contributed by atoms with van der Waals surface area (Å²) < 4.78 is 2.15. The Hall–Kier alpha value is -0.830. The molecule has 4 unspecified atom stereocenters. The Balaban J connectivity index is 1.80. The Labute approximate surface area is 105 Å². The van der Waals surface area contributed by atoms with Crippen LogP contribution in [0.2, 0.25) is 0 Å². The summed E-state index contributed by atoms with van der Waals surface area (Å²) >= 11 is 0. The third kappa shape index (κ3) is 3.56. The molecule has 1 saturated carbocycles. The minimum Gasteiger partial charge on any atom is -0.336 e. The Morgan fingerprint density at radius 3 is 2.88 bits per heavy atom. The highest BCUT2D eigenvalue weighted by atomic mass is 15.1. The fourth-order valence-corrected chi connectivity index (χ4v) is 3.04. The third-order valence-corrected chi connectivity index (χ3v) is 3.97. The average Bonchev–Trinajstić information content (AvgIpc) is 2.75. The first-order chi connectivity index (χ1) is 8.15. The van der Waals surface area contributed by atoms with Gasteiger partial charge in [-0.3, -0.25) is 0 Å². The van der Waals surface area contributed by atoms with Crippen LogP contribution in [-0.2, 0) is 6.54 Å². The van der Waals surface area contributed by atoms with Gasteiger partial charge in [0.25, 0.3) is 0 Å². The first kappa shape index (κ1) is 12.6. The molecule has 0 saturated heterocycles. The number of aromatic nitrogens is 2. The normalized spacial score (nSPS) is 31.4. The second kappa shape index (κ2) is 5.67. The predicted molar refractivity (Wildman–Crippen MR) is 70.8 cm³/mol. The van der Waals surface area contributed by atoms with E-state index in [0.717, 1.165) is 18.4 Å². The SMILES string of the molecule is CC1CCC(NC(C)Cn2ccnc2)C(C)C1. The summed E-state index contributed by atoms with van der Waals surface area (Å²) in [6.45, 7) is 8.04. The highest BCUT2D eigenvalue weighted by Crippen LogP contribution is 2.28. The van der Waals surface area contributed by atoms with E-state index in [2.05, 4.69) is 35.6 Å². The van der Waals surface area contributed by atoms with Crippen molar-refractivity contribution >= 4 is 0 Å². The second-order valence-corrected chi connectivity index (χ2v) is 5.83. The summed E-state index contributed by atoms with van der Waals surface area (Å²) in [4.78, 5) is 4.08. The molecule has 0 aromatic carbocycles. The molecule has 0 bridgehead atoms. The van der Waals surface area contributed by atoms with Crippen LogP contribution in [0.4, 0.5) is 0 Å². The van der Waals surface area contributed by atoms with E-state index in [1.54, 1.807) is 0 Å². The van der Waals surface area contributed by atoms with Crippen molar-refractivity contribution < 1.29 is 0 Å². The maximum Gasteiger partial charge on any atom is 0.0946 e. The molecule has 2 rings (SSSR count). The summed E-state index contributed by atoms with van der Waals surface area (Å²) in [5.41, 5.74) is 0. The van der Waals surface area contributed by atoms with Crippen LogP contribution < -0.4 is 5.32 Å². The Morgan fingerprint density at radius 2 is 2.24 bits per heavy atom. The molecule has 0 amide bonds. The molecule has 1 aromatic rings.